The Morgan fingerprint density at radius 1 is 1.16 bits per heavy atom. The number of para-hydroxylation sites is 2. The van der Waals surface area contributed by atoms with Crippen LogP contribution in [0.2, 0.25) is 0 Å². The molecule has 0 aromatic heterocycles. The Morgan fingerprint density at radius 3 is 2.48 bits per heavy atom. The third-order valence-electron chi connectivity index (χ3n) is 5.01. The number of carbonyl (C=O) groups is 3. The first-order chi connectivity index (χ1) is 12.0. The van der Waals surface area contributed by atoms with Gasteiger partial charge in [-0.1, -0.05) is 12.1 Å². The van der Waals surface area contributed by atoms with Crippen LogP contribution in [0.4, 0.5) is 5.69 Å². The Hall–Kier alpha value is -2.57. The highest BCUT2D eigenvalue weighted by atomic mass is 16.5. The molecule has 2 heterocycles. The van der Waals surface area contributed by atoms with Gasteiger partial charge < -0.3 is 19.6 Å². The molecule has 0 aliphatic carbocycles. The van der Waals surface area contributed by atoms with Crippen molar-refractivity contribution in [1.29, 1.82) is 0 Å². The van der Waals surface area contributed by atoms with Gasteiger partial charge in [0.25, 0.3) is 0 Å². The molecule has 134 valence electrons. The summed E-state index contributed by atoms with van der Waals surface area (Å²) < 4.78 is 5.31. The Morgan fingerprint density at radius 2 is 1.84 bits per heavy atom. The summed E-state index contributed by atoms with van der Waals surface area (Å²) in [7, 11) is 1.55. The van der Waals surface area contributed by atoms with Crippen molar-refractivity contribution in [2.24, 2.45) is 11.8 Å². The van der Waals surface area contributed by atoms with Crippen LogP contribution in [0.5, 0.6) is 5.75 Å². The van der Waals surface area contributed by atoms with Crippen molar-refractivity contribution < 1.29 is 24.2 Å². The first kappa shape index (κ1) is 17.3. The average molecular weight is 346 g/mol. The SMILES string of the molecule is COc1ccccc1N1CC(C(=O)N2CCC(C(=O)O)CC2)CC1=O. The van der Waals surface area contributed by atoms with Crippen LogP contribution in [0.1, 0.15) is 19.3 Å². The molecule has 1 aromatic carbocycles. The number of anilines is 1. The minimum Gasteiger partial charge on any atom is -0.495 e. The summed E-state index contributed by atoms with van der Waals surface area (Å²) in [5.41, 5.74) is 0.676. The molecule has 0 saturated carbocycles. The minimum absolute atomic E-state index is 0.0606. The normalized spacial score (nSPS) is 21.5. The molecule has 25 heavy (non-hydrogen) atoms. The monoisotopic (exact) mass is 346 g/mol. The van der Waals surface area contributed by atoms with Crippen LogP contribution >= 0.6 is 0 Å². The van der Waals surface area contributed by atoms with E-state index in [2.05, 4.69) is 0 Å². The molecular weight excluding hydrogens is 324 g/mol. The number of rotatable bonds is 4. The van der Waals surface area contributed by atoms with Crippen molar-refractivity contribution in [3.8, 4) is 5.75 Å². The van der Waals surface area contributed by atoms with Crippen LogP contribution in [0.3, 0.4) is 0 Å². The Kier molecular flexibility index (Phi) is 4.92. The summed E-state index contributed by atoms with van der Waals surface area (Å²) in [5, 5.41) is 9.05. The van der Waals surface area contributed by atoms with E-state index in [0.29, 0.717) is 43.9 Å². The van der Waals surface area contributed by atoms with Crippen LogP contribution in [-0.2, 0) is 14.4 Å². The maximum Gasteiger partial charge on any atom is 0.306 e. The van der Waals surface area contributed by atoms with E-state index < -0.39 is 11.9 Å². The summed E-state index contributed by atoms with van der Waals surface area (Å²) in [5.74, 6) is -1.12. The van der Waals surface area contributed by atoms with E-state index in [1.807, 2.05) is 18.2 Å². The largest absolute Gasteiger partial charge is 0.495 e. The fraction of sp³-hybridized carbons (Fsp3) is 0.500. The lowest BCUT2D eigenvalue weighted by atomic mass is 9.95. The van der Waals surface area contributed by atoms with Gasteiger partial charge in [0.05, 0.1) is 24.6 Å². The third-order valence-corrected chi connectivity index (χ3v) is 5.01. The van der Waals surface area contributed by atoms with Gasteiger partial charge in [-0.2, -0.15) is 0 Å². The summed E-state index contributed by atoms with van der Waals surface area (Å²) >= 11 is 0. The first-order valence-corrected chi connectivity index (χ1v) is 8.46. The molecule has 2 aliphatic heterocycles. The number of carboxylic acids is 1. The second-order valence-corrected chi connectivity index (χ2v) is 6.52. The number of hydrogen-bond acceptors (Lipinski definition) is 4. The van der Waals surface area contributed by atoms with Gasteiger partial charge >= 0.3 is 5.97 Å². The number of carboxylic acid groups (broad SMARTS) is 1. The van der Waals surface area contributed by atoms with Crippen LogP contribution < -0.4 is 9.64 Å². The minimum atomic E-state index is -0.800. The van der Waals surface area contributed by atoms with E-state index in [1.165, 1.54) is 0 Å². The number of ether oxygens (including phenoxy) is 1. The number of benzene rings is 1. The summed E-state index contributed by atoms with van der Waals surface area (Å²) in [6.45, 7) is 1.21. The van der Waals surface area contributed by atoms with Gasteiger partial charge in [-0.05, 0) is 25.0 Å². The lowest BCUT2D eigenvalue weighted by Gasteiger charge is -2.31. The zero-order chi connectivity index (χ0) is 18.0. The molecule has 7 nitrogen and oxygen atoms in total. The molecule has 1 unspecified atom stereocenters. The molecule has 3 rings (SSSR count). The van der Waals surface area contributed by atoms with Crippen molar-refractivity contribution in [3.05, 3.63) is 24.3 Å². The van der Waals surface area contributed by atoms with Gasteiger partial charge in [0.1, 0.15) is 5.75 Å². The second-order valence-electron chi connectivity index (χ2n) is 6.52. The van der Waals surface area contributed by atoms with Crippen LogP contribution in [0.25, 0.3) is 0 Å². The smallest absolute Gasteiger partial charge is 0.306 e. The summed E-state index contributed by atoms with van der Waals surface area (Å²) in [6.07, 6.45) is 1.12. The molecule has 2 amide bonds. The summed E-state index contributed by atoms with van der Waals surface area (Å²) in [4.78, 5) is 39.4. The van der Waals surface area contributed by atoms with Gasteiger partial charge in [0.15, 0.2) is 0 Å². The molecule has 7 heteroatoms. The molecule has 1 atom stereocenters. The van der Waals surface area contributed by atoms with Crippen molar-refractivity contribution >= 4 is 23.5 Å². The molecule has 2 fully saturated rings. The fourth-order valence-corrected chi connectivity index (χ4v) is 3.56. The van der Waals surface area contributed by atoms with Crippen LogP contribution in [-0.4, -0.2) is 54.5 Å². The molecule has 0 bridgehead atoms. The third kappa shape index (κ3) is 3.45. The predicted molar refractivity (Wildman–Crippen MR) is 90.4 cm³/mol. The van der Waals surface area contributed by atoms with Gasteiger partial charge in [-0.25, -0.2) is 0 Å². The highest BCUT2D eigenvalue weighted by Gasteiger charge is 2.39. The number of piperidine rings is 1. The van der Waals surface area contributed by atoms with Crippen molar-refractivity contribution in [2.75, 3.05) is 31.6 Å². The van der Waals surface area contributed by atoms with Gasteiger partial charge in [0.2, 0.25) is 11.8 Å². The number of methoxy groups -OCH3 is 1. The number of likely N-dealkylation sites (tertiary alicyclic amines) is 1. The molecule has 1 N–H and O–H groups in total. The van der Waals surface area contributed by atoms with Crippen molar-refractivity contribution in [1.82, 2.24) is 4.90 Å². The Bertz CT molecular complexity index is 682. The number of nitrogens with zero attached hydrogens (tertiary/aromatic N) is 2. The fourth-order valence-electron chi connectivity index (χ4n) is 3.56. The Labute approximate surface area is 146 Å². The summed E-state index contributed by atoms with van der Waals surface area (Å²) in [6, 6.07) is 7.26. The van der Waals surface area contributed by atoms with E-state index in [0.717, 1.165) is 0 Å². The lowest BCUT2D eigenvalue weighted by Crippen LogP contribution is -2.43. The van der Waals surface area contributed by atoms with E-state index in [-0.39, 0.29) is 24.2 Å². The number of aliphatic carboxylic acids is 1. The topological polar surface area (TPSA) is 87.2 Å². The zero-order valence-electron chi connectivity index (χ0n) is 14.2. The van der Waals surface area contributed by atoms with Gasteiger partial charge in [-0.3, -0.25) is 14.4 Å². The maximum absolute atomic E-state index is 12.7. The molecule has 0 spiro atoms. The first-order valence-electron chi connectivity index (χ1n) is 8.46. The quantitative estimate of drug-likeness (QED) is 0.890. The average Bonchev–Trinajstić information content (AvgIpc) is 3.02. The van der Waals surface area contributed by atoms with Gasteiger partial charge in [0, 0.05) is 26.1 Å². The lowest BCUT2D eigenvalue weighted by molar-refractivity contribution is -0.146. The molecule has 2 aliphatic rings. The predicted octanol–water partition coefficient (Wildman–Crippen LogP) is 1.37. The van der Waals surface area contributed by atoms with E-state index in [4.69, 9.17) is 9.84 Å². The van der Waals surface area contributed by atoms with Crippen molar-refractivity contribution in [3.63, 3.8) is 0 Å². The standard InChI is InChI=1S/C18H22N2O5/c1-25-15-5-3-2-4-14(15)20-11-13(10-16(20)21)17(22)19-8-6-12(7-9-19)18(23)24/h2-5,12-13H,6-11H2,1H3,(H,23,24). The number of hydrogen-bond donors (Lipinski definition) is 1. The number of carbonyl (C=O) groups excluding carboxylic acids is 2. The van der Waals surface area contributed by atoms with E-state index in [1.54, 1.807) is 23.0 Å². The number of amides is 2. The van der Waals surface area contributed by atoms with Crippen molar-refractivity contribution in [2.45, 2.75) is 19.3 Å². The Balaban J connectivity index is 1.66. The maximum atomic E-state index is 12.7. The van der Waals surface area contributed by atoms with Crippen LogP contribution in [0.15, 0.2) is 24.3 Å². The highest BCUT2D eigenvalue weighted by molar-refractivity contribution is 6.01. The molecular formula is C18H22N2O5. The second kappa shape index (κ2) is 7.13. The molecule has 0 radical (unpaired) electrons. The van der Waals surface area contributed by atoms with Gasteiger partial charge in [-0.15, -0.1) is 0 Å². The van der Waals surface area contributed by atoms with Crippen LogP contribution in [0, 0.1) is 11.8 Å². The highest BCUT2D eigenvalue weighted by Crippen LogP contribution is 2.33. The van der Waals surface area contributed by atoms with E-state index >= 15 is 0 Å². The molecule has 2 saturated heterocycles. The zero-order valence-corrected chi connectivity index (χ0v) is 14.2. The van der Waals surface area contributed by atoms with E-state index in [9.17, 15) is 14.4 Å². The molecule has 1 aromatic rings.